The predicted molar refractivity (Wildman–Crippen MR) is 249 cm³/mol. The Balaban J connectivity index is 1.34. The molecule has 0 bridgehead atoms. The van der Waals surface area contributed by atoms with Crippen LogP contribution in [0.15, 0.2) is 188 Å². The van der Waals surface area contributed by atoms with Gasteiger partial charge in [-0.05, 0) is 77.9 Å². The molecular formula is C56H31N7. The van der Waals surface area contributed by atoms with Gasteiger partial charge in [0.1, 0.15) is 0 Å². The van der Waals surface area contributed by atoms with Crippen LogP contribution in [-0.2, 0) is 0 Å². The van der Waals surface area contributed by atoms with Crippen LogP contribution in [0.4, 0.5) is 5.69 Å². The van der Waals surface area contributed by atoms with Gasteiger partial charge < -0.3 is 4.57 Å². The average Bonchev–Trinajstić information content (AvgIpc) is 3.69. The molecule has 0 fully saturated rings. The molecule has 7 nitrogen and oxygen atoms in total. The molecule has 2 heterocycles. The monoisotopic (exact) mass is 801 g/mol. The van der Waals surface area contributed by atoms with Gasteiger partial charge in [0.25, 0.3) is 0 Å². The van der Waals surface area contributed by atoms with Gasteiger partial charge in [0.2, 0.25) is 0 Å². The molecule has 10 aromatic rings. The third-order valence-electron chi connectivity index (χ3n) is 11.3. The van der Waals surface area contributed by atoms with Gasteiger partial charge in [-0.1, -0.05) is 121 Å². The Morgan fingerprint density at radius 2 is 0.984 bits per heavy atom. The summed E-state index contributed by atoms with van der Waals surface area (Å²) < 4.78 is 2.22. The number of benzene rings is 8. The highest BCUT2D eigenvalue weighted by Gasteiger charge is 2.25. The molecule has 0 aliphatic carbocycles. The summed E-state index contributed by atoms with van der Waals surface area (Å²) in [5.41, 5.74) is 13.0. The van der Waals surface area contributed by atoms with E-state index in [0.717, 1.165) is 72.3 Å². The van der Waals surface area contributed by atoms with Crippen LogP contribution in [0.3, 0.4) is 0 Å². The summed E-state index contributed by atoms with van der Waals surface area (Å²) in [5.74, 6) is 0.485. The van der Waals surface area contributed by atoms with Crippen molar-refractivity contribution in [3.63, 3.8) is 0 Å². The lowest BCUT2D eigenvalue weighted by molar-refractivity contribution is 1.16. The maximum Gasteiger partial charge on any atom is 0.189 e. The molecule has 63 heavy (non-hydrogen) atoms. The summed E-state index contributed by atoms with van der Waals surface area (Å²) in [6, 6.07) is 68.0. The van der Waals surface area contributed by atoms with Crippen molar-refractivity contribution in [3.8, 4) is 91.2 Å². The summed E-state index contributed by atoms with van der Waals surface area (Å²) in [4.78, 5) is 14.1. The summed E-state index contributed by atoms with van der Waals surface area (Å²) in [6.07, 6.45) is 0. The van der Waals surface area contributed by atoms with Crippen LogP contribution in [0.25, 0.3) is 99.6 Å². The van der Waals surface area contributed by atoms with Crippen molar-refractivity contribution in [3.05, 3.63) is 216 Å². The smallest absolute Gasteiger partial charge is 0.189 e. The van der Waals surface area contributed by atoms with Gasteiger partial charge in [0.15, 0.2) is 11.5 Å². The first-order valence-electron chi connectivity index (χ1n) is 20.2. The fraction of sp³-hybridized carbons (Fsp3) is 0. The van der Waals surface area contributed by atoms with Crippen LogP contribution in [0.1, 0.15) is 16.7 Å². The van der Waals surface area contributed by atoms with E-state index in [9.17, 15) is 15.8 Å². The molecule has 2 aromatic heterocycles. The highest BCUT2D eigenvalue weighted by Crippen LogP contribution is 2.46. The molecule has 0 atom stereocenters. The molecular weight excluding hydrogens is 771 g/mol. The van der Waals surface area contributed by atoms with Gasteiger partial charge >= 0.3 is 0 Å². The highest BCUT2D eigenvalue weighted by molar-refractivity contribution is 6.12. The lowest BCUT2D eigenvalue weighted by atomic mass is 9.89. The van der Waals surface area contributed by atoms with Gasteiger partial charge in [-0.3, -0.25) is 0 Å². The number of aromatic nitrogens is 3. The van der Waals surface area contributed by atoms with Crippen LogP contribution in [0.5, 0.6) is 0 Å². The molecule has 0 N–H and O–H groups in total. The van der Waals surface area contributed by atoms with Gasteiger partial charge in [0.05, 0.1) is 64.0 Å². The molecule has 0 saturated heterocycles. The molecule has 0 saturated carbocycles. The van der Waals surface area contributed by atoms with E-state index in [1.54, 1.807) is 18.2 Å². The molecule has 0 aliphatic rings. The van der Waals surface area contributed by atoms with Crippen LogP contribution < -0.4 is 0 Å². The normalized spacial score (nSPS) is 10.8. The maximum absolute atomic E-state index is 10.7. The van der Waals surface area contributed by atoms with Crippen LogP contribution in [0.2, 0.25) is 0 Å². The molecule has 0 unspecified atom stereocenters. The fourth-order valence-electron chi connectivity index (χ4n) is 8.44. The van der Waals surface area contributed by atoms with E-state index < -0.39 is 0 Å². The first-order valence-corrected chi connectivity index (χ1v) is 20.2. The van der Waals surface area contributed by atoms with Gasteiger partial charge in [-0.15, -0.1) is 0 Å². The Morgan fingerprint density at radius 1 is 0.429 bits per heavy atom. The van der Waals surface area contributed by atoms with E-state index in [2.05, 4.69) is 64.0 Å². The molecule has 0 spiro atoms. The second-order valence-electron chi connectivity index (χ2n) is 15.0. The van der Waals surface area contributed by atoms with E-state index in [4.69, 9.17) is 16.5 Å². The van der Waals surface area contributed by atoms with E-state index in [1.165, 1.54) is 0 Å². The highest BCUT2D eigenvalue weighted by atomic mass is 15.0. The van der Waals surface area contributed by atoms with E-state index in [-0.39, 0.29) is 0 Å². The van der Waals surface area contributed by atoms with Gasteiger partial charge in [-0.2, -0.15) is 15.8 Å². The van der Waals surface area contributed by atoms with Crippen molar-refractivity contribution in [2.45, 2.75) is 0 Å². The topological polar surface area (TPSA) is 106 Å². The zero-order valence-electron chi connectivity index (χ0n) is 33.5. The lowest BCUT2D eigenvalue weighted by Crippen LogP contribution is -2.04. The van der Waals surface area contributed by atoms with Crippen LogP contribution >= 0.6 is 0 Å². The minimum Gasteiger partial charge on any atom is -0.308 e. The van der Waals surface area contributed by atoms with Crippen molar-refractivity contribution >= 4 is 27.5 Å². The van der Waals surface area contributed by atoms with Crippen molar-refractivity contribution in [1.82, 2.24) is 14.5 Å². The number of fused-ring (bicyclic) bond motifs is 3. The van der Waals surface area contributed by atoms with Crippen LogP contribution in [0, 0.1) is 40.6 Å². The Labute approximate surface area is 363 Å². The number of hydrogen-bond donors (Lipinski definition) is 0. The zero-order valence-corrected chi connectivity index (χ0v) is 33.5. The van der Waals surface area contributed by atoms with Gasteiger partial charge in [-0.25, -0.2) is 14.8 Å². The second kappa shape index (κ2) is 16.0. The molecule has 7 heteroatoms. The second-order valence-corrected chi connectivity index (χ2v) is 15.0. The average molecular weight is 802 g/mol. The number of rotatable bonds is 7. The lowest BCUT2D eigenvalue weighted by Gasteiger charge is -2.22. The van der Waals surface area contributed by atoms with E-state index >= 15 is 0 Å². The predicted octanol–water partition coefficient (Wildman–Crippen LogP) is 13.7. The minimum absolute atomic E-state index is 0.391. The van der Waals surface area contributed by atoms with Crippen molar-refractivity contribution in [1.29, 1.82) is 15.8 Å². The summed E-state index contributed by atoms with van der Waals surface area (Å²) >= 11 is 0. The molecule has 10 rings (SSSR count). The minimum atomic E-state index is 0.391. The van der Waals surface area contributed by atoms with E-state index in [1.807, 2.05) is 133 Å². The van der Waals surface area contributed by atoms with Crippen LogP contribution in [-0.4, -0.2) is 14.5 Å². The Kier molecular flexibility index (Phi) is 9.60. The largest absolute Gasteiger partial charge is 0.308 e. The number of hydrogen-bond acceptors (Lipinski definition) is 5. The fourth-order valence-corrected chi connectivity index (χ4v) is 8.44. The molecule has 0 radical (unpaired) electrons. The number of para-hydroxylation sites is 1. The Bertz CT molecular complexity index is 3450. The quantitative estimate of drug-likeness (QED) is 0.149. The van der Waals surface area contributed by atoms with Gasteiger partial charge in [0, 0.05) is 55.3 Å². The van der Waals surface area contributed by atoms with Crippen molar-refractivity contribution in [2.75, 3.05) is 0 Å². The first kappa shape index (κ1) is 37.8. The first-order chi connectivity index (χ1) is 31.0. The molecule has 0 amide bonds. The Morgan fingerprint density at radius 3 is 1.57 bits per heavy atom. The Hall–Kier alpha value is -9.40. The SMILES string of the molecule is [C-]#[N+]c1cc(C#N)cc(-c2ccc3c(c2)c2ccccc2n3-c2c(-c3ccccc3C#N)cc(-c3nc(-c4ccccc4)cc(-c4ccccc4)n3)cc2-c2ccccc2C#N)c1. The van der Waals surface area contributed by atoms with Crippen molar-refractivity contribution in [2.24, 2.45) is 0 Å². The molecule has 0 aliphatic heterocycles. The zero-order chi connectivity index (χ0) is 42.9. The molecule has 8 aromatic carbocycles. The summed E-state index contributed by atoms with van der Waals surface area (Å²) in [5, 5.41) is 33.1. The van der Waals surface area contributed by atoms with E-state index in [0.29, 0.717) is 44.9 Å². The summed E-state index contributed by atoms with van der Waals surface area (Å²) in [6.45, 7) is 7.69. The molecule has 290 valence electrons. The third kappa shape index (κ3) is 6.81. The number of nitriles is 3. The van der Waals surface area contributed by atoms with Crippen molar-refractivity contribution < 1.29 is 0 Å². The number of nitrogens with zero attached hydrogens (tertiary/aromatic N) is 7. The standard InChI is InChI=1S/C56H31N7/c1-60-44-27-36(33-57)26-42(28-44)39-24-25-54-48(29-39)47-22-12-13-23-53(47)63(54)55-49(45-20-10-8-18-40(45)34-58)30-43(31-50(55)46-21-11-9-19-41(46)35-59)56-61-51(37-14-4-2-5-15-37)32-52(62-56)38-16-6-3-7-17-38/h2-32H. The maximum atomic E-state index is 10.7. The third-order valence-corrected chi connectivity index (χ3v) is 11.3. The summed E-state index contributed by atoms with van der Waals surface area (Å²) in [7, 11) is 0.